The van der Waals surface area contributed by atoms with Gasteiger partial charge in [0.2, 0.25) is 5.78 Å². The van der Waals surface area contributed by atoms with Crippen molar-refractivity contribution in [3.63, 3.8) is 0 Å². The zero-order chi connectivity index (χ0) is 13.0. The number of pyridine rings is 1. The molecule has 2 aromatic rings. The van der Waals surface area contributed by atoms with Crippen LogP contribution in [0, 0.1) is 0 Å². The minimum absolute atomic E-state index is 0.235. The largest absolute Gasteiger partial charge is 0.397 e. The summed E-state index contributed by atoms with van der Waals surface area (Å²) in [5.41, 5.74) is 6.81. The van der Waals surface area contributed by atoms with Gasteiger partial charge in [0.05, 0.1) is 18.8 Å². The van der Waals surface area contributed by atoms with Gasteiger partial charge in [-0.05, 0) is 18.2 Å². The van der Waals surface area contributed by atoms with Crippen LogP contribution >= 0.6 is 0 Å². The molecular formula is C12H14N4O2. The van der Waals surface area contributed by atoms with Crippen LogP contribution in [0.3, 0.4) is 0 Å². The summed E-state index contributed by atoms with van der Waals surface area (Å²) < 4.78 is 6.55. The number of ether oxygens (including phenoxy) is 1. The van der Waals surface area contributed by atoms with Crippen molar-refractivity contribution < 1.29 is 9.53 Å². The molecule has 2 N–H and O–H groups in total. The van der Waals surface area contributed by atoms with Crippen molar-refractivity contribution in [3.8, 4) is 0 Å². The Hall–Kier alpha value is -2.21. The second-order valence-electron chi connectivity index (χ2n) is 3.70. The number of aromatic nitrogens is 3. The number of hydrogen-bond donors (Lipinski definition) is 1. The van der Waals surface area contributed by atoms with E-state index in [9.17, 15) is 4.79 Å². The standard InChI is InChI=1S/C12H14N4O2/c1-18-8-7-16-10(4-6-15-16)12(17)11-9(13)3-2-5-14-11/h2-6H,7-8,13H2,1H3. The summed E-state index contributed by atoms with van der Waals surface area (Å²) in [6, 6.07) is 4.98. The van der Waals surface area contributed by atoms with Gasteiger partial charge in [-0.15, -0.1) is 0 Å². The Balaban J connectivity index is 2.29. The molecule has 0 radical (unpaired) electrons. The van der Waals surface area contributed by atoms with Crippen molar-refractivity contribution in [1.29, 1.82) is 0 Å². The molecule has 0 saturated heterocycles. The Labute approximate surface area is 104 Å². The summed E-state index contributed by atoms with van der Waals surface area (Å²) in [5.74, 6) is -0.235. The van der Waals surface area contributed by atoms with Gasteiger partial charge in [-0.3, -0.25) is 14.5 Å². The molecule has 94 valence electrons. The average Bonchev–Trinajstić information content (AvgIpc) is 2.84. The Morgan fingerprint density at radius 3 is 3.00 bits per heavy atom. The Morgan fingerprint density at radius 1 is 1.44 bits per heavy atom. The van der Waals surface area contributed by atoms with Crippen LogP contribution in [-0.4, -0.2) is 34.3 Å². The Morgan fingerprint density at radius 2 is 2.28 bits per heavy atom. The lowest BCUT2D eigenvalue weighted by Gasteiger charge is -2.06. The van der Waals surface area contributed by atoms with Gasteiger partial charge in [-0.1, -0.05) is 0 Å². The number of anilines is 1. The third-order valence-corrected chi connectivity index (χ3v) is 2.51. The molecule has 2 heterocycles. The number of nitrogens with two attached hydrogens (primary N) is 1. The van der Waals surface area contributed by atoms with E-state index in [1.807, 2.05) is 0 Å². The quantitative estimate of drug-likeness (QED) is 0.787. The Kier molecular flexibility index (Phi) is 3.69. The number of carbonyl (C=O) groups excluding carboxylic acids is 1. The minimum atomic E-state index is -0.235. The smallest absolute Gasteiger partial charge is 0.231 e. The molecule has 18 heavy (non-hydrogen) atoms. The highest BCUT2D eigenvalue weighted by atomic mass is 16.5. The molecule has 0 spiro atoms. The molecule has 0 aromatic carbocycles. The van der Waals surface area contributed by atoms with Crippen molar-refractivity contribution in [3.05, 3.63) is 42.0 Å². The molecule has 6 nitrogen and oxygen atoms in total. The van der Waals surface area contributed by atoms with Crippen molar-refractivity contribution in [2.75, 3.05) is 19.5 Å². The zero-order valence-electron chi connectivity index (χ0n) is 10.0. The zero-order valence-corrected chi connectivity index (χ0v) is 10.0. The van der Waals surface area contributed by atoms with Gasteiger partial charge in [-0.25, -0.2) is 0 Å². The van der Waals surface area contributed by atoms with E-state index in [1.54, 1.807) is 42.4 Å². The van der Waals surface area contributed by atoms with E-state index < -0.39 is 0 Å². The lowest BCUT2D eigenvalue weighted by atomic mass is 10.1. The fraction of sp³-hybridized carbons (Fsp3) is 0.250. The maximum Gasteiger partial charge on any atom is 0.231 e. The fourth-order valence-corrected chi connectivity index (χ4v) is 1.61. The summed E-state index contributed by atoms with van der Waals surface area (Å²) in [6.07, 6.45) is 3.11. The predicted octanol–water partition coefficient (Wildman–Crippen LogP) is 0.738. The molecule has 0 saturated carbocycles. The van der Waals surface area contributed by atoms with Crippen LogP contribution in [0.5, 0.6) is 0 Å². The fourth-order valence-electron chi connectivity index (χ4n) is 1.61. The van der Waals surface area contributed by atoms with Crippen molar-refractivity contribution in [2.24, 2.45) is 0 Å². The van der Waals surface area contributed by atoms with E-state index in [2.05, 4.69) is 10.1 Å². The number of ketones is 1. The summed E-state index contributed by atoms with van der Waals surface area (Å²) in [6.45, 7) is 0.997. The summed E-state index contributed by atoms with van der Waals surface area (Å²) in [5, 5.41) is 4.08. The van der Waals surface area contributed by atoms with Gasteiger partial charge >= 0.3 is 0 Å². The van der Waals surface area contributed by atoms with Crippen LogP contribution in [0.25, 0.3) is 0 Å². The van der Waals surface area contributed by atoms with Gasteiger partial charge in [0.25, 0.3) is 0 Å². The molecule has 0 fully saturated rings. The first-order valence-corrected chi connectivity index (χ1v) is 5.50. The van der Waals surface area contributed by atoms with Gasteiger partial charge < -0.3 is 10.5 Å². The van der Waals surface area contributed by atoms with E-state index in [0.29, 0.717) is 24.5 Å². The van der Waals surface area contributed by atoms with Crippen LogP contribution in [0.1, 0.15) is 16.2 Å². The number of nitrogen functional groups attached to an aromatic ring is 1. The van der Waals surface area contributed by atoms with E-state index in [1.165, 1.54) is 0 Å². The molecule has 2 rings (SSSR count). The molecule has 0 unspecified atom stereocenters. The number of nitrogens with zero attached hydrogens (tertiary/aromatic N) is 3. The molecule has 0 aliphatic heterocycles. The van der Waals surface area contributed by atoms with Crippen LogP contribution in [0.4, 0.5) is 5.69 Å². The highest BCUT2D eigenvalue weighted by Crippen LogP contribution is 2.13. The summed E-state index contributed by atoms with van der Waals surface area (Å²) in [4.78, 5) is 16.3. The predicted molar refractivity (Wildman–Crippen MR) is 66.2 cm³/mol. The SMILES string of the molecule is COCCn1nccc1C(=O)c1ncccc1N. The maximum atomic E-state index is 12.3. The van der Waals surface area contributed by atoms with Crippen LogP contribution in [0.2, 0.25) is 0 Å². The highest BCUT2D eigenvalue weighted by Gasteiger charge is 2.17. The second kappa shape index (κ2) is 5.42. The number of methoxy groups -OCH3 is 1. The van der Waals surface area contributed by atoms with Crippen LogP contribution < -0.4 is 5.73 Å². The summed E-state index contributed by atoms with van der Waals surface area (Å²) >= 11 is 0. The van der Waals surface area contributed by atoms with Crippen molar-refractivity contribution in [1.82, 2.24) is 14.8 Å². The molecular weight excluding hydrogens is 232 g/mol. The van der Waals surface area contributed by atoms with E-state index in [0.717, 1.165) is 0 Å². The first-order valence-electron chi connectivity index (χ1n) is 5.50. The first kappa shape index (κ1) is 12.3. The lowest BCUT2D eigenvalue weighted by molar-refractivity contribution is 0.102. The second-order valence-corrected chi connectivity index (χ2v) is 3.70. The minimum Gasteiger partial charge on any atom is -0.397 e. The monoisotopic (exact) mass is 246 g/mol. The van der Waals surface area contributed by atoms with Gasteiger partial charge in [-0.2, -0.15) is 5.10 Å². The number of rotatable bonds is 5. The molecule has 0 bridgehead atoms. The summed E-state index contributed by atoms with van der Waals surface area (Å²) in [7, 11) is 1.60. The normalized spacial score (nSPS) is 10.5. The molecule has 0 atom stereocenters. The molecule has 0 aliphatic carbocycles. The third-order valence-electron chi connectivity index (χ3n) is 2.51. The van der Waals surface area contributed by atoms with Gasteiger partial charge in [0.15, 0.2) is 0 Å². The Bertz CT molecular complexity index is 551. The van der Waals surface area contributed by atoms with E-state index >= 15 is 0 Å². The van der Waals surface area contributed by atoms with Gasteiger partial charge in [0, 0.05) is 19.5 Å². The number of hydrogen-bond acceptors (Lipinski definition) is 5. The van der Waals surface area contributed by atoms with Crippen LogP contribution in [0.15, 0.2) is 30.6 Å². The highest BCUT2D eigenvalue weighted by molar-refractivity contribution is 6.09. The van der Waals surface area contributed by atoms with Crippen LogP contribution in [-0.2, 0) is 11.3 Å². The molecule has 6 heteroatoms. The van der Waals surface area contributed by atoms with Gasteiger partial charge in [0.1, 0.15) is 11.4 Å². The van der Waals surface area contributed by atoms with Crippen molar-refractivity contribution in [2.45, 2.75) is 6.54 Å². The third kappa shape index (κ3) is 2.38. The first-order chi connectivity index (χ1) is 8.74. The average molecular weight is 246 g/mol. The van der Waals surface area contributed by atoms with E-state index in [-0.39, 0.29) is 11.5 Å². The topological polar surface area (TPSA) is 83.0 Å². The molecule has 0 aliphatic rings. The lowest BCUT2D eigenvalue weighted by Crippen LogP contribution is -2.16. The number of carbonyl (C=O) groups is 1. The van der Waals surface area contributed by atoms with Crippen molar-refractivity contribution >= 4 is 11.5 Å². The maximum absolute atomic E-state index is 12.3. The van der Waals surface area contributed by atoms with E-state index in [4.69, 9.17) is 10.5 Å². The molecule has 2 aromatic heterocycles. The molecule has 0 amide bonds.